The normalized spacial score (nSPS) is 13.6. The molecule has 1 N–H and O–H groups in total. The van der Waals surface area contributed by atoms with E-state index in [0.717, 1.165) is 24.5 Å². The summed E-state index contributed by atoms with van der Waals surface area (Å²) in [5, 5.41) is 3.53. The summed E-state index contributed by atoms with van der Waals surface area (Å²) in [6.07, 6.45) is 0. The van der Waals surface area contributed by atoms with Crippen molar-refractivity contribution in [3.8, 4) is 5.75 Å². The highest BCUT2D eigenvalue weighted by atomic mass is 35.5. The zero-order chi connectivity index (χ0) is 22.5. The van der Waals surface area contributed by atoms with Gasteiger partial charge in [-0.25, -0.2) is 0 Å². The van der Waals surface area contributed by atoms with Crippen LogP contribution in [0.15, 0.2) is 72.8 Å². The molecule has 1 aliphatic heterocycles. The van der Waals surface area contributed by atoms with Crippen molar-refractivity contribution in [1.82, 2.24) is 4.90 Å². The summed E-state index contributed by atoms with van der Waals surface area (Å²) in [5.74, 6) is 0.476. The van der Waals surface area contributed by atoms with Crippen LogP contribution in [-0.4, -0.2) is 50.0 Å². The first-order valence-corrected chi connectivity index (χ1v) is 10.8. The van der Waals surface area contributed by atoms with E-state index in [-0.39, 0.29) is 11.8 Å². The van der Waals surface area contributed by atoms with Crippen LogP contribution in [0.4, 0.5) is 11.4 Å². The molecule has 0 spiro atoms. The van der Waals surface area contributed by atoms with E-state index in [2.05, 4.69) is 10.2 Å². The smallest absolute Gasteiger partial charge is 0.255 e. The molecule has 0 bridgehead atoms. The lowest BCUT2D eigenvalue weighted by atomic mass is 10.1. The minimum atomic E-state index is -0.189. The molecule has 3 aromatic carbocycles. The van der Waals surface area contributed by atoms with E-state index in [1.165, 1.54) is 0 Å². The molecule has 0 aromatic heterocycles. The molecule has 0 saturated carbocycles. The molecular weight excluding hydrogens is 426 g/mol. The molecule has 1 aliphatic rings. The Morgan fingerprint density at radius 2 is 1.56 bits per heavy atom. The van der Waals surface area contributed by atoms with Crippen molar-refractivity contribution in [2.24, 2.45) is 0 Å². The zero-order valence-electron chi connectivity index (χ0n) is 17.8. The van der Waals surface area contributed by atoms with E-state index in [1.54, 1.807) is 55.6 Å². The fourth-order valence-electron chi connectivity index (χ4n) is 3.67. The van der Waals surface area contributed by atoms with Gasteiger partial charge in [0.2, 0.25) is 0 Å². The number of carbonyl (C=O) groups is 2. The summed E-state index contributed by atoms with van der Waals surface area (Å²) in [5.41, 5.74) is 2.97. The van der Waals surface area contributed by atoms with Gasteiger partial charge in [-0.3, -0.25) is 9.59 Å². The lowest BCUT2D eigenvalue weighted by Gasteiger charge is -2.36. The van der Waals surface area contributed by atoms with Crippen molar-refractivity contribution < 1.29 is 14.3 Å². The average Bonchev–Trinajstić information content (AvgIpc) is 2.84. The molecule has 32 heavy (non-hydrogen) atoms. The van der Waals surface area contributed by atoms with Crippen molar-refractivity contribution in [1.29, 1.82) is 0 Å². The van der Waals surface area contributed by atoms with E-state index in [4.69, 9.17) is 16.3 Å². The fraction of sp³-hybridized carbons (Fsp3) is 0.200. The second-order valence-corrected chi connectivity index (χ2v) is 7.96. The van der Waals surface area contributed by atoms with E-state index < -0.39 is 0 Å². The Balaban J connectivity index is 1.33. The van der Waals surface area contributed by atoms with Gasteiger partial charge in [-0.05, 0) is 66.7 Å². The molecule has 2 amide bonds. The Labute approximate surface area is 192 Å². The largest absolute Gasteiger partial charge is 0.497 e. The predicted molar refractivity (Wildman–Crippen MR) is 127 cm³/mol. The number of hydrogen-bond acceptors (Lipinski definition) is 4. The number of anilines is 2. The van der Waals surface area contributed by atoms with Gasteiger partial charge in [0.1, 0.15) is 5.75 Å². The number of nitrogens with zero attached hydrogens (tertiary/aromatic N) is 2. The van der Waals surface area contributed by atoms with Crippen molar-refractivity contribution in [2.75, 3.05) is 43.5 Å². The lowest BCUT2D eigenvalue weighted by Crippen LogP contribution is -2.48. The van der Waals surface area contributed by atoms with E-state index in [9.17, 15) is 9.59 Å². The lowest BCUT2D eigenvalue weighted by molar-refractivity contribution is 0.0746. The first-order chi connectivity index (χ1) is 15.5. The maximum absolute atomic E-state index is 12.7. The summed E-state index contributed by atoms with van der Waals surface area (Å²) >= 11 is 5.91. The topological polar surface area (TPSA) is 61.9 Å². The van der Waals surface area contributed by atoms with Gasteiger partial charge in [-0.2, -0.15) is 0 Å². The number of hydrogen-bond donors (Lipinski definition) is 1. The van der Waals surface area contributed by atoms with Gasteiger partial charge in [0.25, 0.3) is 11.8 Å². The van der Waals surface area contributed by atoms with Gasteiger partial charge < -0.3 is 19.9 Å². The number of piperazine rings is 1. The highest BCUT2D eigenvalue weighted by Gasteiger charge is 2.22. The van der Waals surface area contributed by atoms with Crippen molar-refractivity contribution in [2.45, 2.75) is 0 Å². The molecule has 1 saturated heterocycles. The first kappa shape index (κ1) is 21.7. The molecule has 3 aromatic rings. The van der Waals surface area contributed by atoms with Crippen LogP contribution in [0.5, 0.6) is 5.75 Å². The molecule has 0 aliphatic carbocycles. The Kier molecular flexibility index (Phi) is 6.61. The number of nitrogens with one attached hydrogen (secondary N) is 1. The molecule has 0 atom stereocenters. The van der Waals surface area contributed by atoms with Gasteiger partial charge in [-0.1, -0.05) is 17.7 Å². The third-order valence-electron chi connectivity index (χ3n) is 5.48. The van der Waals surface area contributed by atoms with Crippen LogP contribution in [0.3, 0.4) is 0 Å². The molecule has 4 rings (SSSR count). The van der Waals surface area contributed by atoms with Crippen LogP contribution in [0.25, 0.3) is 0 Å². The van der Waals surface area contributed by atoms with Gasteiger partial charge in [0.05, 0.1) is 7.11 Å². The number of amides is 2. The summed E-state index contributed by atoms with van der Waals surface area (Å²) in [4.78, 5) is 29.3. The fourth-order valence-corrected chi connectivity index (χ4v) is 3.79. The second-order valence-electron chi connectivity index (χ2n) is 7.52. The monoisotopic (exact) mass is 449 g/mol. The van der Waals surface area contributed by atoms with Gasteiger partial charge >= 0.3 is 0 Å². The van der Waals surface area contributed by atoms with E-state index >= 15 is 0 Å². The SMILES string of the molecule is COc1cccc(C(=O)Nc2ccc(N3CCN(C(=O)c4ccc(Cl)cc4)CC3)cc2)c1. The predicted octanol–water partition coefficient (Wildman–Crippen LogP) is 4.56. The molecule has 6 nitrogen and oxygen atoms in total. The first-order valence-electron chi connectivity index (χ1n) is 10.4. The van der Waals surface area contributed by atoms with Gasteiger partial charge in [-0.15, -0.1) is 0 Å². The van der Waals surface area contributed by atoms with Crippen LogP contribution < -0.4 is 15.0 Å². The van der Waals surface area contributed by atoms with Crippen LogP contribution >= 0.6 is 11.6 Å². The molecule has 7 heteroatoms. The highest BCUT2D eigenvalue weighted by molar-refractivity contribution is 6.30. The van der Waals surface area contributed by atoms with E-state index in [1.807, 2.05) is 29.2 Å². The molecule has 0 unspecified atom stereocenters. The van der Waals surface area contributed by atoms with Crippen LogP contribution in [0.2, 0.25) is 5.02 Å². The standard InChI is InChI=1S/C25H24ClN3O3/c1-32-23-4-2-3-19(17-23)24(30)27-21-9-11-22(12-10-21)28-13-15-29(16-14-28)25(31)18-5-7-20(26)8-6-18/h2-12,17H,13-16H2,1H3,(H,27,30). The molecule has 1 fully saturated rings. The third-order valence-corrected chi connectivity index (χ3v) is 5.73. The number of ether oxygens (including phenoxy) is 1. The molecular formula is C25H24ClN3O3. The number of methoxy groups -OCH3 is 1. The maximum atomic E-state index is 12.7. The Hall–Kier alpha value is -3.51. The Morgan fingerprint density at radius 1 is 0.875 bits per heavy atom. The zero-order valence-corrected chi connectivity index (χ0v) is 18.5. The van der Waals surface area contributed by atoms with Crippen molar-refractivity contribution in [3.05, 3.63) is 88.9 Å². The Morgan fingerprint density at radius 3 is 2.22 bits per heavy atom. The minimum absolute atomic E-state index is 0.0249. The molecule has 0 radical (unpaired) electrons. The molecule has 164 valence electrons. The number of benzene rings is 3. The second kappa shape index (κ2) is 9.75. The molecule has 1 heterocycles. The minimum Gasteiger partial charge on any atom is -0.497 e. The van der Waals surface area contributed by atoms with E-state index in [0.29, 0.717) is 35.0 Å². The van der Waals surface area contributed by atoms with Crippen molar-refractivity contribution >= 4 is 34.8 Å². The van der Waals surface area contributed by atoms with Gasteiger partial charge in [0.15, 0.2) is 0 Å². The maximum Gasteiger partial charge on any atom is 0.255 e. The van der Waals surface area contributed by atoms with Crippen LogP contribution in [0.1, 0.15) is 20.7 Å². The quantitative estimate of drug-likeness (QED) is 0.620. The van der Waals surface area contributed by atoms with Crippen LogP contribution in [-0.2, 0) is 0 Å². The third kappa shape index (κ3) is 5.03. The summed E-state index contributed by atoms with van der Waals surface area (Å²) < 4.78 is 5.17. The summed E-state index contributed by atoms with van der Waals surface area (Å²) in [6.45, 7) is 2.79. The van der Waals surface area contributed by atoms with Crippen LogP contribution in [0, 0.1) is 0 Å². The Bertz CT molecular complexity index is 1090. The highest BCUT2D eigenvalue weighted by Crippen LogP contribution is 2.21. The average molecular weight is 450 g/mol. The summed E-state index contributed by atoms with van der Waals surface area (Å²) in [7, 11) is 1.57. The number of rotatable bonds is 5. The summed E-state index contributed by atoms with van der Waals surface area (Å²) in [6, 6.07) is 21.8. The van der Waals surface area contributed by atoms with Crippen molar-refractivity contribution in [3.63, 3.8) is 0 Å². The number of carbonyl (C=O) groups excluding carboxylic acids is 2. The number of halogens is 1. The van der Waals surface area contributed by atoms with Gasteiger partial charge in [0, 0.05) is 53.7 Å².